The molecular formula is C13H18N2O. The van der Waals surface area contributed by atoms with Gasteiger partial charge in [0.2, 0.25) is 0 Å². The first kappa shape index (κ1) is 11.2. The highest BCUT2D eigenvalue weighted by atomic mass is 16.3. The Labute approximate surface area is 95.8 Å². The molecule has 2 N–H and O–H groups in total. The van der Waals surface area contributed by atoms with E-state index < -0.39 is 0 Å². The molecule has 2 aromatic rings. The van der Waals surface area contributed by atoms with Crippen LogP contribution in [0.3, 0.4) is 0 Å². The summed E-state index contributed by atoms with van der Waals surface area (Å²) in [5.74, 6) is 0.990. The van der Waals surface area contributed by atoms with Crippen molar-refractivity contribution in [1.82, 2.24) is 10.6 Å². The lowest BCUT2D eigenvalue weighted by Gasteiger charge is -2.11. The van der Waals surface area contributed by atoms with Crippen molar-refractivity contribution in [3.05, 3.63) is 36.1 Å². The van der Waals surface area contributed by atoms with Crippen LogP contribution < -0.4 is 10.6 Å². The molecule has 1 unspecified atom stereocenters. The molecule has 0 amide bonds. The average molecular weight is 218 g/mol. The summed E-state index contributed by atoms with van der Waals surface area (Å²) < 4.78 is 5.71. The number of nitrogens with one attached hydrogen (secondary N) is 2. The van der Waals surface area contributed by atoms with E-state index in [0.717, 1.165) is 24.4 Å². The zero-order chi connectivity index (χ0) is 11.4. The molecular weight excluding hydrogens is 200 g/mol. The number of hydrogen-bond acceptors (Lipinski definition) is 3. The molecule has 1 atom stereocenters. The SMILES string of the molecule is CNCC(C)NCc1cc2ccccc2o1. The van der Waals surface area contributed by atoms with Gasteiger partial charge in [-0.15, -0.1) is 0 Å². The summed E-state index contributed by atoms with van der Waals surface area (Å²) >= 11 is 0. The number of furan rings is 1. The minimum atomic E-state index is 0.443. The number of likely N-dealkylation sites (N-methyl/N-ethyl adjacent to an activating group) is 1. The molecule has 1 aromatic carbocycles. The molecule has 0 fully saturated rings. The Morgan fingerprint density at radius 1 is 1.31 bits per heavy atom. The topological polar surface area (TPSA) is 37.2 Å². The fourth-order valence-corrected chi connectivity index (χ4v) is 1.78. The number of hydrogen-bond donors (Lipinski definition) is 2. The maximum Gasteiger partial charge on any atom is 0.134 e. The van der Waals surface area contributed by atoms with E-state index >= 15 is 0 Å². The van der Waals surface area contributed by atoms with Crippen molar-refractivity contribution in [1.29, 1.82) is 0 Å². The lowest BCUT2D eigenvalue weighted by molar-refractivity contribution is 0.465. The summed E-state index contributed by atoms with van der Waals surface area (Å²) in [5.41, 5.74) is 0.959. The van der Waals surface area contributed by atoms with E-state index in [4.69, 9.17) is 4.42 Å². The maximum atomic E-state index is 5.71. The molecule has 0 radical (unpaired) electrons. The number of benzene rings is 1. The lowest BCUT2D eigenvalue weighted by Crippen LogP contribution is -2.34. The largest absolute Gasteiger partial charge is 0.460 e. The molecule has 86 valence electrons. The van der Waals surface area contributed by atoms with Crippen LogP contribution in [0.25, 0.3) is 11.0 Å². The van der Waals surface area contributed by atoms with Crippen LogP contribution >= 0.6 is 0 Å². The van der Waals surface area contributed by atoms with Crippen LogP contribution in [0.2, 0.25) is 0 Å². The molecule has 2 rings (SSSR count). The van der Waals surface area contributed by atoms with Gasteiger partial charge in [-0.05, 0) is 26.1 Å². The molecule has 16 heavy (non-hydrogen) atoms. The highest BCUT2D eigenvalue weighted by Crippen LogP contribution is 2.18. The molecule has 0 saturated heterocycles. The predicted molar refractivity (Wildman–Crippen MR) is 66.4 cm³/mol. The Balaban J connectivity index is 1.99. The quantitative estimate of drug-likeness (QED) is 0.807. The molecule has 3 nitrogen and oxygen atoms in total. The summed E-state index contributed by atoms with van der Waals surface area (Å²) in [4.78, 5) is 0. The Morgan fingerprint density at radius 2 is 2.12 bits per heavy atom. The van der Waals surface area contributed by atoms with Crippen LogP contribution in [-0.4, -0.2) is 19.6 Å². The summed E-state index contributed by atoms with van der Waals surface area (Å²) in [7, 11) is 1.96. The van der Waals surface area contributed by atoms with Crippen LogP contribution in [0.5, 0.6) is 0 Å². The van der Waals surface area contributed by atoms with Gasteiger partial charge in [-0.3, -0.25) is 0 Å². The van der Waals surface area contributed by atoms with Crippen molar-refractivity contribution in [3.8, 4) is 0 Å². The van der Waals surface area contributed by atoms with Gasteiger partial charge in [-0.25, -0.2) is 0 Å². The highest BCUT2D eigenvalue weighted by molar-refractivity contribution is 5.77. The van der Waals surface area contributed by atoms with E-state index in [1.807, 2.05) is 25.2 Å². The molecule has 1 heterocycles. The van der Waals surface area contributed by atoms with Crippen molar-refractivity contribution in [3.63, 3.8) is 0 Å². The first-order chi connectivity index (χ1) is 7.79. The molecule has 1 aromatic heterocycles. The van der Waals surface area contributed by atoms with Crippen LogP contribution in [-0.2, 0) is 6.54 Å². The third kappa shape index (κ3) is 2.62. The van der Waals surface area contributed by atoms with Gasteiger partial charge in [-0.1, -0.05) is 18.2 Å². The van der Waals surface area contributed by atoms with E-state index in [1.54, 1.807) is 0 Å². The standard InChI is InChI=1S/C13H18N2O/c1-10(8-14-2)15-9-12-7-11-5-3-4-6-13(11)16-12/h3-7,10,14-15H,8-9H2,1-2H3. The smallest absolute Gasteiger partial charge is 0.134 e. The van der Waals surface area contributed by atoms with E-state index in [2.05, 4.69) is 29.7 Å². The van der Waals surface area contributed by atoms with Gasteiger partial charge in [-0.2, -0.15) is 0 Å². The molecule has 0 aliphatic rings. The molecule has 0 bridgehead atoms. The van der Waals surface area contributed by atoms with Gasteiger partial charge < -0.3 is 15.1 Å². The number of fused-ring (bicyclic) bond motifs is 1. The Kier molecular flexibility index (Phi) is 3.59. The Bertz CT molecular complexity index is 417. The highest BCUT2D eigenvalue weighted by Gasteiger charge is 2.04. The Morgan fingerprint density at radius 3 is 2.88 bits per heavy atom. The van der Waals surface area contributed by atoms with Gasteiger partial charge in [0.25, 0.3) is 0 Å². The van der Waals surface area contributed by atoms with Gasteiger partial charge >= 0.3 is 0 Å². The van der Waals surface area contributed by atoms with Gasteiger partial charge in [0, 0.05) is 18.0 Å². The van der Waals surface area contributed by atoms with Gasteiger partial charge in [0.15, 0.2) is 0 Å². The van der Waals surface area contributed by atoms with Gasteiger partial charge in [0.05, 0.1) is 6.54 Å². The van der Waals surface area contributed by atoms with Crippen molar-refractivity contribution in [2.75, 3.05) is 13.6 Å². The summed E-state index contributed by atoms with van der Waals surface area (Å²) in [5, 5.41) is 7.71. The molecule has 0 spiro atoms. The summed E-state index contributed by atoms with van der Waals surface area (Å²) in [6, 6.07) is 10.6. The van der Waals surface area contributed by atoms with Crippen molar-refractivity contribution >= 4 is 11.0 Å². The second kappa shape index (κ2) is 5.14. The minimum Gasteiger partial charge on any atom is -0.460 e. The van der Waals surface area contributed by atoms with Crippen LogP contribution in [0.4, 0.5) is 0 Å². The van der Waals surface area contributed by atoms with Gasteiger partial charge in [0.1, 0.15) is 11.3 Å². The van der Waals surface area contributed by atoms with Crippen molar-refractivity contribution < 1.29 is 4.42 Å². The molecule has 3 heteroatoms. The van der Waals surface area contributed by atoms with Crippen molar-refractivity contribution in [2.24, 2.45) is 0 Å². The monoisotopic (exact) mass is 218 g/mol. The molecule has 0 aliphatic heterocycles. The first-order valence-electron chi connectivity index (χ1n) is 5.65. The van der Waals surface area contributed by atoms with E-state index in [-0.39, 0.29) is 0 Å². The number of para-hydroxylation sites is 1. The van der Waals surface area contributed by atoms with Crippen molar-refractivity contribution in [2.45, 2.75) is 19.5 Å². The van der Waals surface area contributed by atoms with Crippen LogP contribution in [0, 0.1) is 0 Å². The summed E-state index contributed by atoms with van der Waals surface area (Å²) in [6.45, 7) is 3.89. The average Bonchev–Trinajstić information content (AvgIpc) is 2.69. The summed E-state index contributed by atoms with van der Waals surface area (Å²) in [6.07, 6.45) is 0. The van der Waals surface area contributed by atoms with E-state index in [1.165, 1.54) is 5.39 Å². The van der Waals surface area contributed by atoms with Crippen LogP contribution in [0.1, 0.15) is 12.7 Å². The normalized spacial score (nSPS) is 13.1. The maximum absolute atomic E-state index is 5.71. The zero-order valence-electron chi connectivity index (χ0n) is 9.79. The van der Waals surface area contributed by atoms with Crippen LogP contribution in [0.15, 0.2) is 34.7 Å². The lowest BCUT2D eigenvalue weighted by atomic mass is 10.2. The number of rotatable bonds is 5. The van der Waals surface area contributed by atoms with E-state index in [9.17, 15) is 0 Å². The molecule has 0 aliphatic carbocycles. The van der Waals surface area contributed by atoms with E-state index in [0.29, 0.717) is 6.04 Å². The second-order valence-corrected chi connectivity index (χ2v) is 4.09. The molecule has 0 saturated carbocycles. The first-order valence-corrected chi connectivity index (χ1v) is 5.65. The third-order valence-electron chi connectivity index (χ3n) is 2.61. The Hall–Kier alpha value is -1.32. The predicted octanol–water partition coefficient (Wildman–Crippen LogP) is 2.13. The fourth-order valence-electron chi connectivity index (χ4n) is 1.78. The zero-order valence-corrected chi connectivity index (χ0v) is 9.79. The fraction of sp³-hybridized carbons (Fsp3) is 0.385. The third-order valence-corrected chi connectivity index (χ3v) is 2.61. The minimum absolute atomic E-state index is 0.443. The second-order valence-electron chi connectivity index (χ2n) is 4.09.